The van der Waals surface area contributed by atoms with Crippen molar-refractivity contribution >= 4 is 11.6 Å². The summed E-state index contributed by atoms with van der Waals surface area (Å²) in [5.74, 6) is -0.319. The molecule has 0 radical (unpaired) electrons. The number of halogens is 2. The monoisotopic (exact) mass is 253 g/mol. The quantitative estimate of drug-likeness (QED) is 0.913. The lowest BCUT2D eigenvalue weighted by Crippen LogP contribution is -2.02. The number of nitrogens with zero attached hydrogens (tertiary/aromatic N) is 2. The van der Waals surface area contributed by atoms with Crippen LogP contribution >= 0.6 is 11.6 Å². The molecule has 0 atom stereocenters. The van der Waals surface area contributed by atoms with Crippen molar-refractivity contribution < 1.29 is 4.39 Å². The van der Waals surface area contributed by atoms with Gasteiger partial charge < -0.3 is 5.73 Å². The van der Waals surface area contributed by atoms with Crippen LogP contribution in [0.2, 0.25) is 5.02 Å². The molecule has 0 aliphatic rings. The lowest BCUT2D eigenvalue weighted by Gasteiger charge is -2.03. The van der Waals surface area contributed by atoms with Crippen molar-refractivity contribution in [1.29, 1.82) is 0 Å². The summed E-state index contributed by atoms with van der Waals surface area (Å²) in [7, 11) is 0. The van der Waals surface area contributed by atoms with Gasteiger partial charge >= 0.3 is 0 Å². The standard InChI is InChI=1S/C12H13ClFN3/c1-8-10(5-15)7-17(16-8)6-9-2-3-11(13)4-12(9)14/h2-4,7H,5-6,15H2,1H3. The highest BCUT2D eigenvalue weighted by atomic mass is 35.5. The third-order valence-electron chi connectivity index (χ3n) is 2.62. The Kier molecular flexibility index (Phi) is 3.45. The summed E-state index contributed by atoms with van der Waals surface area (Å²) in [6, 6.07) is 4.63. The van der Waals surface area contributed by atoms with Crippen molar-refractivity contribution in [3.63, 3.8) is 0 Å². The Labute approximate surface area is 104 Å². The number of aryl methyl sites for hydroxylation is 1. The Bertz CT molecular complexity index is 537. The van der Waals surface area contributed by atoms with Crippen molar-refractivity contribution in [1.82, 2.24) is 9.78 Å². The molecule has 17 heavy (non-hydrogen) atoms. The first-order valence-electron chi connectivity index (χ1n) is 5.27. The number of aromatic nitrogens is 2. The van der Waals surface area contributed by atoms with Gasteiger partial charge in [-0.25, -0.2) is 4.39 Å². The number of benzene rings is 1. The molecule has 1 aromatic carbocycles. The molecule has 1 aromatic heterocycles. The molecule has 2 aromatic rings. The van der Waals surface area contributed by atoms with E-state index in [0.29, 0.717) is 23.7 Å². The Morgan fingerprint density at radius 1 is 1.41 bits per heavy atom. The van der Waals surface area contributed by atoms with Crippen molar-refractivity contribution in [3.05, 3.63) is 52.1 Å². The molecule has 3 nitrogen and oxygen atoms in total. The average molecular weight is 254 g/mol. The van der Waals surface area contributed by atoms with Gasteiger partial charge in [0.25, 0.3) is 0 Å². The van der Waals surface area contributed by atoms with E-state index in [1.807, 2.05) is 13.1 Å². The molecular weight excluding hydrogens is 241 g/mol. The summed E-state index contributed by atoms with van der Waals surface area (Å²) in [5, 5.41) is 4.67. The molecular formula is C12H13ClFN3. The summed E-state index contributed by atoms with van der Waals surface area (Å²) >= 11 is 5.69. The topological polar surface area (TPSA) is 43.8 Å². The summed E-state index contributed by atoms with van der Waals surface area (Å²) in [6.45, 7) is 2.70. The normalized spacial score (nSPS) is 10.8. The van der Waals surface area contributed by atoms with Gasteiger partial charge in [-0.05, 0) is 19.1 Å². The SMILES string of the molecule is Cc1nn(Cc2ccc(Cl)cc2F)cc1CN. The van der Waals surface area contributed by atoms with Crippen LogP contribution < -0.4 is 5.73 Å². The first-order valence-corrected chi connectivity index (χ1v) is 5.65. The van der Waals surface area contributed by atoms with Gasteiger partial charge in [-0.1, -0.05) is 17.7 Å². The third-order valence-corrected chi connectivity index (χ3v) is 2.85. The van der Waals surface area contributed by atoms with E-state index in [0.717, 1.165) is 11.3 Å². The molecule has 0 saturated heterocycles. The maximum Gasteiger partial charge on any atom is 0.129 e. The highest BCUT2D eigenvalue weighted by Gasteiger charge is 2.07. The van der Waals surface area contributed by atoms with Gasteiger partial charge in [0.05, 0.1) is 12.2 Å². The second kappa shape index (κ2) is 4.85. The minimum atomic E-state index is -0.319. The largest absolute Gasteiger partial charge is 0.326 e. The summed E-state index contributed by atoms with van der Waals surface area (Å²) in [5.41, 5.74) is 7.97. The summed E-state index contributed by atoms with van der Waals surface area (Å²) in [4.78, 5) is 0. The summed E-state index contributed by atoms with van der Waals surface area (Å²) in [6.07, 6.45) is 1.84. The van der Waals surface area contributed by atoms with Crippen LogP contribution in [0.5, 0.6) is 0 Å². The molecule has 2 rings (SSSR count). The van der Waals surface area contributed by atoms with Gasteiger partial charge in [0.2, 0.25) is 0 Å². The van der Waals surface area contributed by atoms with Crippen LogP contribution in [0.4, 0.5) is 4.39 Å². The van der Waals surface area contributed by atoms with Gasteiger partial charge in [0.1, 0.15) is 5.82 Å². The van der Waals surface area contributed by atoms with Crippen molar-refractivity contribution in [3.8, 4) is 0 Å². The van der Waals surface area contributed by atoms with E-state index in [4.69, 9.17) is 17.3 Å². The van der Waals surface area contributed by atoms with Crippen LogP contribution in [0.15, 0.2) is 24.4 Å². The molecule has 0 aliphatic carbocycles. The molecule has 0 saturated carbocycles. The van der Waals surface area contributed by atoms with E-state index >= 15 is 0 Å². The zero-order valence-corrected chi connectivity index (χ0v) is 10.2. The molecule has 2 N–H and O–H groups in total. The molecule has 0 amide bonds. The van der Waals surface area contributed by atoms with Crippen LogP contribution in [0.3, 0.4) is 0 Å². The van der Waals surface area contributed by atoms with Gasteiger partial charge in [-0.15, -0.1) is 0 Å². The Morgan fingerprint density at radius 2 is 2.18 bits per heavy atom. The molecule has 0 bridgehead atoms. The van der Waals surface area contributed by atoms with Crippen LogP contribution in [0, 0.1) is 12.7 Å². The Balaban J connectivity index is 2.25. The predicted octanol–water partition coefficient (Wildman–Crippen LogP) is 2.49. The number of hydrogen-bond donors (Lipinski definition) is 1. The Morgan fingerprint density at radius 3 is 2.76 bits per heavy atom. The number of hydrogen-bond acceptors (Lipinski definition) is 2. The minimum absolute atomic E-state index is 0.319. The highest BCUT2D eigenvalue weighted by Crippen LogP contribution is 2.16. The second-order valence-electron chi connectivity index (χ2n) is 3.88. The first kappa shape index (κ1) is 12.1. The maximum absolute atomic E-state index is 13.6. The van der Waals surface area contributed by atoms with Crippen molar-refractivity contribution in [2.75, 3.05) is 0 Å². The molecule has 1 heterocycles. The van der Waals surface area contributed by atoms with E-state index in [1.54, 1.807) is 16.8 Å². The zero-order chi connectivity index (χ0) is 12.4. The average Bonchev–Trinajstić information content (AvgIpc) is 2.63. The fourth-order valence-corrected chi connectivity index (χ4v) is 1.82. The molecule has 0 aliphatic heterocycles. The molecule has 90 valence electrons. The molecule has 0 fully saturated rings. The van der Waals surface area contributed by atoms with E-state index < -0.39 is 0 Å². The smallest absolute Gasteiger partial charge is 0.129 e. The molecule has 0 unspecified atom stereocenters. The molecule has 0 spiro atoms. The van der Waals surface area contributed by atoms with Crippen molar-refractivity contribution in [2.45, 2.75) is 20.0 Å². The minimum Gasteiger partial charge on any atom is -0.326 e. The van der Waals surface area contributed by atoms with E-state index in [1.165, 1.54) is 6.07 Å². The van der Waals surface area contributed by atoms with E-state index in [-0.39, 0.29) is 5.82 Å². The second-order valence-corrected chi connectivity index (χ2v) is 4.31. The summed E-state index contributed by atoms with van der Waals surface area (Å²) < 4.78 is 15.3. The third kappa shape index (κ3) is 2.65. The van der Waals surface area contributed by atoms with Crippen molar-refractivity contribution in [2.24, 2.45) is 5.73 Å². The number of rotatable bonds is 3. The fraction of sp³-hybridized carbons (Fsp3) is 0.250. The highest BCUT2D eigenvalue weighted by molar-refractivity contribution is 6.30. The molecule has 5 heteroatoms. The number of nitrogens with two attached hydrogens (primary N) is 1. The van der Waals surface area contributed by atoms with E-state index in [9.17, 15) is 4.39 Å². The predicted molar refractivity (Wildman–Crippen MR) is 65.4 cm³/mol. The lowest BCUT2D eigenvalue weighted by molar-refractivity contribution is 0.584. The van der Waals surface area contributed by atoms with Crippen LogP contribution in [-0.4, -0.2) is 9.78 Å². The van der Waals surface area contributed by atoms with Gasteiger partial charge in [0, 0.05) is 28.9 Å². The van der Waals surface area contributed by atoms with Gasteiger partial charge in [0.15, 0.2) is 0 Å². The van der Waals surface area contributed by atoms with Crippen LogP contribution in [0.1, 0.15) is 16.8 Å². The van der Waals surface area contributed by atoms with Gasteiger partial charge in [-0.2, -0.15) is 5.10 Å². The zero-order valence-electron chi connectivity index (χ0n) is 9.45. The van der Waals surface area contributed by atoms with Gasteiger partial charge in [-0.3, -0.25) is 4.68 Å². The first-order chi connectivity index (χ1) is 8.10. The fourth-order valence-electron chi connectivity index (χ4n) is 1.66. The van der Waals surface area contributed by atoms with Crippen LogP contribution in [-0.2, 0) is 13.1 Å². The lowest BCUT2D eigenvalue weighted by atomic mass is 10.2. The van der Waals surface area contributed by atoms with E-state index in [2.05, 4.69) is 5.10 Å². The maximum atomic E-state index is 13.6. The van der Waals surface area contributed by atoms with Crippen LogP contribution in [0.25, 0.3) is 0 Å². The Hall–Kier alpha value is -1.39.